The molecule has 0 radical (unpaired) electrons. The molecular formula is C6H11O4P. The summed E-state index contributed by atoms with van der Waals surface area (Å²) >= 11 is 0. The van der Waals surface area contributed by atoms with Crippen molar-refractivity contribution in [3.63, 3.8) is 0 Å². The Hall–Kier alpha value is 0.110. The van der Waals surface area contributed by atoms with Crippen molar-refractivity contribution in [1.82, 2.24) is 0 Å². The van der Waals surface area contributed by atoms with Gasteiger partial charge in [-0.15, -0.1) is 0 Å². The Morgan fingerprint density at radius 1 is 1.27 bits per heavy atom. The molecule has 3 heterocycles. The number of fused-ring (bicyclic) bond motifs is 3. The number of hydrogen-bond donors (Lipinski definition) is 0. The standard InChI is InChI=1S/C6H11O4P/c1-2-6-3-8-11(7,9-4-6)10-5-6/h2-5H2,1H3/i3+1,4+1,6+1. The third-order valence-corrected chi connectivity index (χ3v) is 3.67. The minimum atomic E-state index is -3.08. The molecule has 0 aromatic rings. The number of rotatable bonds is 1. The second-order valence-electron chi connectivity index (χ2n) is 3.12. The largest absolute Gasteiger partial charge is 0.474 e. The summed E-state index contributed by atoms with van der Waals surface area (Å²) in [5.41, 5.74) is -0.0356. The SMILES string of the molecule is CC[13C]12COP(=O)(O[13CH2]1)O[13CH2]2. The van der Waals surface area contributed by atoms with Crippen molar-refractivity contribution in [3.05, 3.63) is 0 Å². The van der Waals surface area contributed by atoms with E-state index in [4.69, 9.17) is 13.6 Å². The lowest BCUT2D eigenvalue weighted by molar-refractivity contribution is -0.0951. The monoisotopic (exact) mass is 181 g/mol. The van der Waals surface area contributed by atoms with E-state index in [2.05, 4.69) is 6.92 Å². The van der Waals surface area contributed by atoms with Crippen LogP contribution < -0.4 is 0 Å². The molecular weight excluding hydrogens is 170 g/mol. The first-order valence-electron chi connectivity index (χ1n) is 3.72. The van der Waals surface area contributed by atoms with Crippen LogP contribution in [0.2, 0.25) is 0 Å². The minimum Gasteiger partial charge on any atom is -0.286 e. The van der Waals surface area contributed by atoms with Crippen LogP contribution in [0.1, 0.15) is 13.3 Å². The highest BCUT2D eigenvalue weighted by Crippen LogP contribution is 2.60. The molecule has 11 heavy (non-hydrogen) atoms. The highest BCUT2D eigenvalue weighted by atomic mass is 31.2. The van der Waals surface area contributed by atoms with Crippen LogP contribution in [0.5, 0.6) is 0 Å². The molecule has 5 heteroatoms. The van der Waals surface area contributed by atoms with Crippen LogP contribution in [-0.2, 0) is 18.1 Å². The average Bonchev–Trinajstić information content (AvgIpc) is 2.07. The second-order valence-corrected chi connectivity index (χ2v) is 4.79. The summed E-state index contributed by atoms with van der Waals surface area (Å²) in [6, 6.07) is 0. The lowest BCUT2D eigenvalue weighted by Gasteiger charge is -2.43. The van der Waals surface area contributed by atoms with Gasteiger partial charge < -0.3 is 0 Å². The molecule has 0 unspecified atom stereocenters. The summed E-state index contributed by atoms with van der Waals surface area (Å²) in [7, 11) is -3.08. The molecule has 0 aliphatic carbocycles. The first kappa shape index (κ1) is 7.74. The molecule has 0 aromatic heterocycles. The molecule has 0 N–H and O–H groups in total. The topological polar surface area (TPSA) is 44.8 Å². The second kappa shape index (κ2) is 2.30. The number of phosphoric acid groups is 1. The molecule has 0 amide bonds. The predicted molar refractivity (Wildman–Crippen MR) is 38.2 cm³/mol. The Balaban J connectivity index is 2.18. The van der Waals surface area contributed by atoms with Gasteiger partial charge in [0.05, 0.1) is 19.8 Å². The van der Waals surface area contributed by atoms with Crippen molar-refractivity contribution in [1.29, 1.82) is 0 Å². The highest BCUT2D eigenvalue weighted by molar-refractivity contribution is 7.48. The molecule has 0 saturated carbocycles. The van der Waals surface area contributed by atoms with Crippen LogP contribution >= 0.6 is 7.82 Å². The van der Waals surface area contributed by atoms with Gasteiger partial charge in [0.25, 0.3) is 0 Å². The maximum absolute atomic E-state index is 11.2. The Labute approximate surface area is 65.4 Å². The van der Waals surface area contributed by atoms with E-state index < -0.39 is 7.82 Å². The Kier molecular flexibility index (Phi) is 1.62. The van der Waals surface area contributed by atoms with Crippen LogP contribution in [0.4, 0.5) is 0 Å². The van der Waals surface area contributed by atoms with E-state index >= 15 is 0 Å². The Morgan fingerprint density at radius 3 is 2.09 bits per heavy atom. The van der Waals surface area contributed by atoms with E-state index in [1.54, 1.807) is 0 Å². The third kappa shape index (κ3) is 1.14. The van der Waals surface area contributed by atoms with E-state index in [9.17, 15) is 4.57 Å². The zero-order valence-electron chi connectivity index (χ0n) is 6.41. The van der Waals surface area contributed by atoms with E-state index in [1.807, 2.05) is 0 Å². The van der Waals surface area contributed by atoms with Crippen molar-refractivity contribution in [2.24, 2.45) is 5.41 Å². The molecule has 3 saturated heterocycles. The van der Waals surface area contributed by atoms with Crippen LogP contribution in [0, 0.1) is 5.41 Å². The van der Waals surface area contributed by atoms with Crippen molar-refractivity contribution in [2.45, 2.75) is 13.3 Å². The maximum atomic E-state index is 11.2. The summed E-state index contributed by atoms with van der Waals surface area (Å²) < 4.78 is 26.1. The molecule has 3 fully saturated rings. The van der Waals surface area contributed by atoms with E-state index in [0.717, 1.165) is 6.42 Å². The van der Waals surface area contributed by atoms with Gasteiger partial charge in [-0.1, -0.05) is 6.92 Å². The van der Waals surface area contributed by atoms with E-state index in [0.29, 0.717) is 19.8 Å². The van der Waals surface area contributed by atoms with Gasteiger partial charge in [-0.25, -0.2) is 4.57 Å². The molecule has 2 bridgehead atoms. The summed E-state index contributed by atoms with van der Waals surface area (Å²) in [6.45, 7) is 3.60. The van der Waals surface area contributed by atoms with Gasteiger partial charge >= 0.3 is 7.82 Å². The van der Waals surface area contributed by atoms with Crippen LogP contribution in [0.15, 0.2) is 0 Å². The average molecular weight is 181 g/mol. The fraction of sp³-hybridized carbons (Fsp3) is 1.00. The normalized spacial score (nSPS) is 49.5. The zero-order valence-corrected chi connectivity index (χ0v) is 7.30. The van der Waals surface area contributed by atoms with E-state index in [-0.39, 0.29) is 5.41 Å². The van der Waals surface area contributed by atoms with Gasteiger partial charge in [0.2, 0.25) is 0 Å². The van der Waals surface area contributed by atoms with Crippen molar-refractivity contribution < 1.29 is 18.1 Å². The quantitative estimate of drug-likeness (QED) is 0.455. The fourth-order valence-corrected chi connectivity index (χ4v) is 2.71. The molecule has 3 rings (SSSR count). The van der Waals surface area contributed by atoms with Gasteiger partial charge in [-0.2, -0.15) is 0 Å². The van der Waals surface area contributed by atoms with Crippen LogP contribution in [-0.4, -0.2) is 19.8 Å². The van der Waals surface area contributed by atoms with Crippen molar-refractivity contribution in [2.75, 3.05) is 19.8 Å². The lowest BCUT2D eigenvalue weighted by atomic mass is 10.4. The van der Waals surface area contributed by atoms with Crippen molar-refractivity contribution >= 4 is 7.82 Å². The third-order valence-electron chi connectivity index (χ3n) is 2.34. The van der Waals surface area contributed by atoms with Gasteiger partial charge in [0.1, 0.15) is 0 Å². The molecule has 3 aliphatic rings. The van der Waals surface area contributed by atoms with Gasteiger partial charge in [0, 0.05) is 5.41 Å². The van der Waals surface area contributed by atoms with Crippen molar-refractivity contribution in [3.8, 4) is 0 Å². The van der Waals surface area contributed by atoms with Gasteiger partial charge in [-0.05, 0) is 6.42 Å². The first-order chi connectivity index (χ1) is 5.18. The molecule has 0 atom stereocenters. The predicted octanol–water partition coefficient (Wildman–Crippen LogP) is 1.57. The Morgan fingerprint density at radius 2 is 1.73 bits per heavy atom. The Bertz CT molecular complexity index is 183. The summed E-state index contributed by atoms with van der Waals surface area (Å²) in [5.74, 6) is 0. The molecule has 4 nitrogen and oxygen atoms in total. The number of hydrogen-bond acceptors (Lipinski definition) is 4. The smallest absolute Gasteiger partial charge is 0.286 e. The van der Waals surface area contributed by atoms with E-state index in [1.165, 1.54) is 0 Å². The molecule has 64 valence electrons. The lowest BCUT2D eigenvalue weighted by Crippen LogP contribution is -2.43. The molecule has 3 aliphatic heterocycles. The molecule has 0 spiro atoms. The van der Waals surface area contributed by atoms with Gasteiger partial charge in [-0.3, -0.25) is 13.6 Å². The van der Waals surface area contributed by atoms with Gasteiger partial charge in [0.15, 0.2) is 0 Å². The summed E-state index contributed by atoms with van der Waals surface area (Å²) in [5, 5.41) is 0. The van der Waals surface area contributed by atoms with Crippen LogP contribution in [0.3, 0.4) is 0 Å². The maximum Gasteiger partial charge on any atom is 0.474 e. The fourth-order valence-electron chi connectivity index (χ4n) is 1.19. The molecule has 0 aromatic carbocycles. The van der Waals surface area contributed by atoms with Crippen LogP contribution in [0.25, 0.3) is 0 Å². The zero-order chi connectivity index (χ0) is 7.95. The summed E-state index contributed by atoms with van der Waals surface area (Å²) in [4.78, 5) is 0. The number of phosphoric ester groups is 1. The highest BCUT2D eigenvalue weighted by Gasteiger charge is 2.49. The first-order valence-corrected chi connectivity index (χ1v) is 5.18. The summed E-state index contributed by atoms with van der Waals surface area (Å²) in [6.07, 6.45) is 0.938. The minimum absolute atomic E-state index is 0.0356.